The van der Waals surface area contributed by atoms with E-state index in [2.05, 4.69) is 22.4 Å². The molecule has 0 aliphatic heterocycles. The van der Waals surface area contributed by atoms with Crippen LogP contribution in [0.25, 0.3) is 0 Å². The summed E-state index contributed by atoms with van der Waals surface area (Å²) in [6.07, 6.45) is 0.365. The zero-order valence-electron chi connectivity index (χ0n) is 11.4. The molecule has 1 aliphatic carbocycles. The lowest BCUT2D eigenvalue weighted by atomic mass is 10.1. The number of benzene rings is 1. The first-order valence-electron chi connectivity index (χ1n) is 6.69. The van der Waals surface area contributed by atoms with E-state index in [-0.39, 0.29) is 12.1 Å². The summed E-state index contributed by atoms with van der Waals surface area (Å²) in [6.45, 7) is 1.22. The third-order valence-electron chi connectivity index (χ3n) is 3.57. The number of thiazole rings is 1. The minimum absolute atomic E-state index is 0.00113. The molecular formula is C15H18N2O2S. The first-order valence-corrected chi connectivity index (χ1v) is 7.57. The molecule has 2 aromatic rings. The Morgan fingerprint density at radius 3 is 3.15 bits per heavy atom. The monoisotopic (exact) mass is 290 g/mol. The van der Waals surface area contributed by atoms with E-state index in [0.29, 0.717) is 13.2 Å². The van der Waals surface area contributed by atoms with Crippen LogP contribution in [0.3, 0.4) is 0 Å². The Kier molecular flexibility index (Phi) is 4.12. The fourth-order valence-corrected chi connectivity index (χ4v) is 3.42. The van der Waals surface area contributed by atoms with Crippen molar-refractivity contribution in [3.63, 3.8) is 0 Å². The number of nitrogens with zero attached hydrogens (tertiary/aromatic N) is 1. The molecule has 0 unspecified atom stereocenters. The van der Waals surface area contributed by atoms with E-state index in [4.69, 9.17) is 4.74 Å². The highest BCUT2D eigenvalue weighted by atomic mass is 32.1. The number of aliphatic hydroxyl groups is 1. The largest absolute Gasteiger partial charge is 0.391 e. The highest BCUT2D eigenvalue weighted by Gasteiger charge is 2.30. The Bertz CT molecular complexity index is 585. The normalized spacial score (nSPS) is 21.1. The van der Waals surface area contributed by atoms with Gasteiger partial charge in [0.1, 0.15) is 5.01 Å². The van der Waals surface area contributed by atoms with Crippen molar-refractivity contribution in [1.82, 2.24) is 10.3 Å². The van der Waals surface area contributed by atoms with Crippen LogP contribution in [0.1, 0.15) is 27.9 Å². The first kappa shape index (κ1) is 13.7. The van der Waals surface area contributed by atoms with Gasteiger partial charge in [-0.3, -0.25) is 0 Å². The number of methoxy groups -OCH3 is 1. The molecule has 1 aromatic carbocycles. The van der Waals surface area contributed by atoms with Gasteiger partial charge in [0.05, 0.1) is 24.4 Å². The van der Waals surface area contributed by atoms with Crippen molar-refractivity contribution < 1.29 is 9.84 Å². The Morgan fingerprint density at radius 2 is 2.30 bits per heavy atom. The van der Waals surface area contributed by atoms with Crippen LogP contribution < -0.4 is 5.32 Å². The second-order valence-electron chi connectivity index (χ2n) is 4.99. The maximum Gasteiger partial charge on any atom is 0.119 e. The van der Waals surface area contributed by atoms with Crippen LogP contribution in [-0.2, 0) is 24.3 Å². The summed E-state index contributed by atoms with van der Waals surface area (Å²) in [6, 6.07) is 8.20. The smallest absolute Gasteiger partial charge is 0.119 e. The molecule has 1 aromatic heterocycles. The van der Waals surface area contributed by atoms with Crippen molar-refractivity contribution >= 4 is 11.3 Å². The van der Waals surface area contributed by atoms with E-state index >= 15 is 0 Å². The van der Waals surface area contributed by atoms with Crippen molar-refractivity contribution in [2.75, 3.05) is 7.11 Å². The molecular weight excluding hydrogens is 272 g/mol. The number of hydrogen-bond donors (Lipinski definition) is 2. The van der Waals surface area contributed by atoms with Gasteiger partial charge in [-0.25, -0.2) is 4.98 Å². The fraction of sp³-hybridized carbons (Fsp3) is 0.400. The molecule has 0 saturated heterocycles. The SMILES string of the molecule is COCc1nc(CN[C@@H]2c3ccccc3C[C@H]2O)cs1. The van der Waals surface area contributed by atoms with Gasteiger partial charge in [-0.2, -0.15) is 0 Å². The standard InChI is InChI=1S/C15H18N2O2S/c1-19-8-14-17-11(9-20-14)7-16-15-12-5-3-2-4-10(12)6-13(15)18/h2-5,9,13,15-16,18H,6-8H2,1H3/t13-,15-/m1/s1. The second-order valence-corrected chi connectivity index (χ2v) is 5.94. The zero-order chi connectivity index (χ0) is 13.9. The molecule has 0 radical (unpaired) electrons. The van der Waals surface area contributed by atoms with Crippen molar-refractivity contribution in [1.29, 1.82) is 0 Å². The molecule has 5 heteroatoms. The number of fused-ring (bicyclic) bond motifs is 1. The zero-order valence-corrected chi connectivity index (χ0v) is 12.2. The third kappa shape index (κ3) is 2.76. The van der Waals surface area contributed by atoms with Gasteiger partial charge in [0.2, 0.25) is 0 Å². The Balaban J connectivity index is 1.66. The molecule has 4 nitrogen and oxygen atoms in total. The van der Waals surface area contributed by atoms with Gasteiger partial charge in [0.25, 0.3) is 0 Å². The maximum absolute atomic E-state index is 10.2. The quantitative estimate of drug-likeness (QED) is 0.885. The highest BCUT2D eigenvalue weighted by Crippen LogP contribution is 2.31. The average molecular weight is 290 g/mol. The summed E-state index contributed by atoms with van der Waals surface area (Å²) < 4.78 is 5.07. The molecule has 3 rings (SSSR count). The Hall–Kier alpha value is -1.27. The summed E-state index contributed by atoms with van der Waals surface area (Å²) in [5.41, 5.74) is 3.43. The van der Waals surface area contributed by atoms with E-state index in [1.165, 1.54) is 11.1 Å². The summed E-state index contributed by atoms with van der Waals surface area (Å²) in [4.78, 5) is 4.49. The van der Waals surface area contributed by atoms with Crippen LogP contribution >= 0.6 is 11.3 Å². The van der Waals surface area contributed by atoms with Crippen LogP contribution in [0.4, 0.5) is 0 Å². The predicted octanol–water partition coefficient (Wildman–Crippen LogP) is 2.04. The van der Waals surface area contributed by atoms with Gasteiger partial charge in [-0.05, 0) is 11.1 Å². The topological polar surface area (TPSA) is 54.4 Å². The summed E-state index contributed by atoms with van der Waals surface area (Å²) >= 11 is 1.60. The van der Waals surface area contributed by atoms with Crippen LogP contribution in [0, 0.1) is 0 Å². The van der Waals surface area contributed by atoms with Crippen molar-refractivity contribution in [3.05, 3.63) is 51.5 Å². The molecule has 0 saturated carbocycles. The lowest BCUT2D eigenvalue weighted by Crippen LogP contribution is -2.28. The van der Waals surface area contributed by atoms with Gasteiger partial charge in [0, 0.05) is 25.5 Å². The summed E-state index contributed by atoms with van der Waals surface area (Å²) in [5.74, 6) is 0. The number of aromatic nitrogens is 1. The number of ether oxygens (including phenoxy) is 1. The van der Waals surface area contributed by atoms with Crippen LogP contribution in [-0.4, -0.2) is 23.3 Å². The van der Waals surface area contributed by atoms with E-state index in [1.807, 2.05) is 17.5 Å². The van der Waals surface area contributed by atoms with E-state index in [1.54, 1.807) is 18.4 Å². The second kappa shape index (κ2) is 6.01. The lowest BCUT2D eigenvalue weighted by molar-refractivity contribution is 0.140. The van der Waals surface area contributed by atoms with Gasteiger partial charge >= 0.3 is 0 Å². The van der Waals surface area contributed by atoms with Crippen molar-refractivity contribution in [3.8, 4) is 0 Å². The minimum Gasteiger partial charge on any atom is -0.391 e. The molecule has 0 bridgehead atoms. The molecule has 0 amide bonds. The maximum atomic E-state index is 10.2. The number of rotatable bonds is 5. The third-order valence-corrected chi connectivity index (χ3v) is 4.45. The van der Waals surface area contributed by atoms with Crippen LogP contribution in [0.15, 0.2) is 29.6 Å². The number of hydrogen-bond acceptors (Lipinski definition) is 5. The summed E-state index contributed by atoms with van der Waals surface area (Å²) in [7, 11) is 1.67. The molecule has 20 heavy (non-hydrogen) atoms. The van der Waals surface area contributed by atoms with Gasteiger partial charge in [0.15, 0.2) is 0 Å². The number of nitrogens with one attached hydrogen (secondary N) is 1. The fourth-order valence-electron chi connectivity index (χ4n) is 2.65. The van der Waals surface area contributed by atoms with Crippen molar-refractivity contribution in [2.45, 2.75) is 31.7 Å². The van der Waals surface area contributed by atoms with Gasteiger partial charge in [-0.1, -0.05) is 24.3 Å². The summed E-state index contributed by atoms with van der Waals surface area (Å²) in [5, 5.41) is 16.6. The van der Waals surface area contributed by atoms with E-state index in [0.717, 1.165) is 17.1 Å². The van der Waals surface area contributed by atoms with Gasteiger partial charge < -0.3 is 15.2 Å². The number of aliphatic hydroxyl groups excluding tert-OH is 1. The molecule has 1 heterocycles. The van der Waals surface area contributed by atoms with E-state index in [9.17, 15) is 5.11 Å². The van der Waals surface area contributed by atoms with Crippen molar-refractivity contribution in [2.24, 2.45) is 0 Å². The van der Waals surface area contributed by atoms with Crippen LogP contribution in [0.5, 0.6) is 0 Å². The lowest BCUT2D eigenvalue weighted by Gasteiger charge is -2.17. The Morgan fingerprint density at radius 1 is 1.45 bits per heavy atom. The molecule has 2 N–H and O–H groups in total. The molecule has 0 fully saturated rings. The first-order chi connectivity index (χ1) is 9.78. The average Bonchev–Trinajstić information content (AvgIpc) is 3.01. The molecule has 1 aliphatic rings. The molecule has 2 atom stereocenters. The highest BCUT2D eigenvalue weighted by molar-refractivity contribution is 7.09. The van der Waals surface area contributed by atoms with E-state index < -0.39 is 0 Å². The predicted molar refractivity (Wildman–Crippen MR) is 78.6 cm³/mol. The molecule has 0 spiro atoms. The Labute approximate surface area is 122 Å². The minimum atomic E-state index is -0.357. The van der Waals surface area contributed by atoms with Gasteiger partial charge in [-0.15, -0.1) is 11.3 Å². The molecule has 106 valence electrons. The van der Waals surface area contributed by atoms with Crippen LogP contribution in [0.2, 0.25) is 0 Å².